The Hall–Kier alpha value is -2.89. The van der Waals surface area contributed by atoms with Crippen LogP contribution in [0.15, 0.2) is 42.7 Å². The highest BCUT2D eigenvalue weighted by Crippen LogP contribution is 2.11. The van der Waals surface area contributed by atoms with Crippen LogP contribution in [0.2, 0.25) is 0 Å². The smallest absolute Gasteiger partial charge is 0.338 e. The third-order valence-electron chi connectivity index (χ3n) is 3.75. The summed E-state index contributed by atoms with van der Waals surface area (Å²) >= 11 is 0. The van der Waals surface area contributed by atoms with E-state index in [0.717, 1.165) is 22.5 Å². The molecule has 6 heteroatoms. The molecule has 0 aliphatic heterocycles. The fourth-order valence-electron chi connectivity index (χ4n) is 2.53. The van der Waals surface area contributed by atoms with Crippen LogP contribution in [-0.2, 0) is 24.9 Å². The van der Waals surface area contributed by atoms with E-state index < -0.39 is 0 Å². The first kappa shape index (κ1) is 16.0. The molecule has 0 fully saturated rings. The number of carbonyl (C=O) groups excluding carboxylic acids is 1. The van der Waals surface area contributed by atoms with Crippen molar-refractivity contribution in [3.8, 4) is 0 Å². The molecule has 0 amide bonds. The number of carbonyl (C=O) groups is 1. The molecule has 0 atom stereocenters. The highest BCUT2D eigenvalue weighted by Gasteiger charge is 2.09. The third kappa shape index (κ3) is 3.71. The summed E-state index contributed by atoms with van der Waals surface area (Å²) in [6.45, 7) is 4.92. The number of aryl methyl sites for hydroxylation is 3. The molecular formula is C18H20N4O2. The minimum absolute atomic E-state index is 0.222. The zero-order valence-corrected chi connectivity index (χ0v) is 14.1. The van der Waals surface area contributed by atoms with E-state index in [-0.39, 0.29) is 12.6 Å². The molecule has 2 aromatic heterocycles. The van der Waals surface area contributed by atoms with Crippen molar-refractivity contribution in [2.45, 2.75) is 27.0 Å². The van der Waals surface area contributed by atoms with E-state index in [1.165, 1.54) is 0 Å². The van der Waals surface area contributed by atoms with Crippen molar-refractivity contribution < 1.29 is 9.53 Å². The van der Waals surface area contributed by atoms with Crippen LogP contribution in [0.25, 0.3) is 0 Å². The van der Waals surface area contributed by atoms with Crippen LogP contribution in [-0.4, -0.2) is 25.5 Å². The minimum atomic E-state index is -0.337. The van der Waals surface area contributed by atoms with Crippen molar-refractivity contribution in [2.75, 3.05) is 0 Å². The molecule has 1 aromatic carbocycles. The van der Waals surface area contributed by atoms with E-state index in [1.807, 2.05) is 50.0 Å². The van der Waals surface area contributed by atoms with Crippen molar-refractivity contribution >= 4 is 5.97 Å². The van der Waals surface area contributed by atoms with Gasteiger partial charge >= 0.3 is 5.97 Å². The molecule has 2 heterocycles. The summed E-state index contributed by atoms with van der Waals surface area (Å²) in [6.07, 6.45) is 3.51. The molecule has 24 heavy (non-hydrogen) atoms. The minimum Gasteiger partial charge on any atom is -0.457 e. The lowest BCUT2D eigenvalue weighted by Gasteiger charge is -2.07. The van der Waals surface area contributed by atoms with Gasteiger partial charge in [0.1, 0.15) is 6.61 Å². The van der Waals surface area contributed by atoms with Crippen molar-refractivity contribution in [3.63, 3.8) is 0 Å². The standard InChI is InChI=1S/C18H20N4O2/c1-13-8-14(2)22(20-13)11-15-4-6-17(7-5-15)18(23)24-12-16-9-19-21(3)10-16/h4-10H,11-12H2,1-3H3. The first-order valence-electron chi connectivity index (χ1n) is 7.76. The number of nitrogens with zero attached hydrogens (tertiary/aromatic N) is 4. The third-order valence-corrected chi connectivity index (χ3v) is 3.75. The van der Waals surface area contributed by atoms with Crippen LogP contribution in [0.4, 0.5) is 0 Å². The molecule has 124 valence electrons. The van der Waals surface area contributed by atoms with E-state index in [0.29, 0.717) is 12.1 Å². The van der Waals surface area contributed by atoms with Crippen LogP contribution < -0.4 is 0 Å². The van der Waals surface area contributed by atoms with Gasteiger partial charge in [-0.05, 0) is 37.6 Å². The average molecular weight is 324 g/mol. The lowest BCUT2D eigenvalue weighted by Crippen LogP contribution is -2.07. The van der Waals surface area contributed by atoms with Gasteiger partial charge in [-0.15, -0.1) is 0 Å². The summed E-state index contributed by atoms with van der Waals surface area (Å²) in [5.74, 6) is -0.337. The largest absolute Gasteiger partial charge is 0.457 e. The molecule has 0 aliphatic carbocycles. The van der Waals surface area contributed by atoms with Crippen LogP contribution >= 0.6 is 0 Å². The number of ether oxygens (including phenoxy) is 1. The van der Waals surface area contributed by atoms with Gasteiger partial charge in [-0.25, -0.2) is 4.79 Å². The molecule has 0 saturated heterocycles. The van der Waals surface area contributed by atoms with Gasteiger partial charge in [0, 0.05) is 24.5 Å². The average Bonchev–Trinajstić information content (AvgIpc) is 3.11. The maximum Gasteiger partial charge on any atom is 0.338 e. The van der Waals surface area contributed by atoms with Gasteiger partial charge in [-0.2, -0.15) is 10.2 Å². The second-order valence-electron chi connectivity index (χ2n) is 5.88. The number of hydrogen-bond acceptors (Lipinski definition) is 4. The zero-order valence-electron chi connectivity index (χ0n) is 14.1. The summed E-state index contributed by atoms with van der Waals surface area (Å²) in [7, 11) is 1.83. The van der Waals surface area contributed by atoms with E-state index >= 15 is 0 Å². The summed E-state index contributed by atoms with van der Waals surface area (Å²) in [6, 6.07) is 9.47. The monoisotopic (exact) mass is 324 g/mol. The number of benzene rings is 1. The molecule has 0 spiro atoms. The molecule has 3 aromatic rings. The molecule has 0 N–H and O–H groups in total. The normalized spacial score (nSPS) is 10.8. The first-order valence-corrected chi connectivity index (χ1v) is 7.76. The number of hydrogen-bond donors (Lipinski definition) is 0. The molecule has 6 nitrogen and oxygen atoms in total. The Morgan fingerprint density at radius 1 is 1.17 bits per heavy atom. The highest BCUT2D eigenvalue weighted by molar-refractivity contribution is 5.89. The topological polar surface area (TPSA) is 61.9 Å². The summed E-state index contributed by atoms with van der Waals surface area (Å²) in [5.41, 5.74) is 4.61. The van der Waals surface area contributed by atoms with E-state index in [2.05, 4.69) is 10.2 Å². The Bertz CT molecular complexity index is 846. The van der Waals surface area contributed by atoms with Gasteiger partial charge in [-0.3, -0.25) is 9.36 Å². The van der Waals surface area contributed by atoms with Crippen molar-refractivity contribution in [1.82, 2.24) is 19.6 Å². The SMILES string of the molecule is Cc1cc(C)n(Cc2ccc(C(=O)OCc3cnn(C)c3)cc2)n1. The molecule has 0 unspecified atom stereocenters. The van der Waals surface area contributed by atoms with E-state index in [1.54, 1.807) is 23.0 Å². The summed E-state index contributed by atoms with van der Waals surface area (Å²) < 4.78 is 8.93. The molecular weight excluding hydrogens is 304 g/mol. The Balaban J connectivity index is 1.61. The van der Waals surface area contributed by atoms with E-state index in [9.17, 15) is 4.79 Å². The van der Waals surface area contributed by atoms with Crippen molar-refractivity contribution in [1.29, 1.82) is 0 Å². The van der Waals surface area contributed by atoms with Crippen LogP contribution in [0.1, 0.15) is 32.9 Å². The highest BCUT2D eigenvalue weighted by atomic mass is 16.5. The fourth-order valence-corrected chi connectivity index (χ4v) is 2.53. The number of esters is 1. The molecule has 0 saturated carbocycles. The summed E-state index contributed by atoms with van der Waals surface area (Å²) in [4.78, 5) is 12.1. The second kappa shape index (κ2) is 6.70. The summed E-state index contributed by atoms with van der Waals surface area (Å²) in [5, 5.41) is 8.49. The Morgan fingerprint density at radius 2 is 1.92 bits per heavy atom. The van der Waals surface area contributed by atoms with Gasteiger partial charge in [0.25, 0.3) is 0 Å². The second-order valence-corrected chi connectivity index (χ2v) is 5.88. The predicted molar refractivity (Wildman–Crippen MR) is 89.6 cm³/mol. The predicted octanol–water partition coefficient (Wildman–Crippen LogP) is 2.64. The van der Waals surface area contributed by atoms with Crippen molar-refractivity contribution in [3.05, 3.63) is 70.8 Å². The molecule has 3 rings (SSSR count). The van der Waals surface area contributed by atoms with Gasteiger partial charge in [0.2, 0.25) is 0 Å². The van der Waals surface area contributed by atoms with Crippen LogP contribution in [0.5, 0.6) is 0 Å². The maximum atomic E-state index is 12.1. The van der Waals surface area contributed by atoms with Crippen LogP contribution in [0.3, 0.4) is 0 Å². The first-order chi connectivity index (χ1) is 11.5. The molecule has 0 aliphatic rings. The number of rotatable bonds is 5. The molecule has 0 bridgehead atoms. The maximum absolute atomic E-state index is 12.1. The van der Waals surface area contributed by atoms with E-state index in [4.69, 9.17) is 4.74 Å². The van der Waals surface area contributed by atoms with Gasteiger partial charge in [0.15, 0.2) is 0 Å². The fraction of sp³-hybridized carbons (Fsp3) is 0.278. The Kier molecular flexibility index (Phi) is 4.46. The van der Waals surface area contributed by atoms with Gasteiger partial charge in [-0.1, -0.05) is 12.1 Å². The van der Waals surface area contributed by atoms with Gasteiger partial charge in [0.05, 0.1) is 24.0 Å². The van der Waals surface area contributed by atoms with Gasteiger partial charge < -0.3 is 4.74 Å². The lowest BCUT2D eigenvalue weighted by atomic mass is 10.1. The number of aromatic nitrogens is 4. The van der Waals surface area contributed by atoms with Crippen LogP contribution in [0, 0.1) is 13.8 Å². The Morgan fingerprint density at radius 3 is 2.50 bits per heavy atom. The van der Waals surface area contributed by atoms with Crippen molar-refractivity contribution in [2.24, 2.45) is 7.05 Å². The quantitative estimate of drug-likeness (QED) is 0.677. The molecule has 0 radical (unpaired) electrons. The lowest BCUT2D eigenvalue weighted by molar-refractivity contribution is 0.0472. The Labute approximate surface area is 140 Å². The zero-order chi connectivity index (χ0) is 17.1.